The maximum absolute atomic E-state index is 11.8. The van der Waals surface area contributed by atoms with Crippen molar-refractivity contribution in [1.29, 1.82) is 0 Å². The minimum absolute atomic E-state index is 0.0701. The second kappa shape index (κ2) is 7.31. The van der Waals surface area contributed by atoms with E-state index in [4.69, 9.17) is 4.74 Å². The van der Waals surface area contributed by atoms with Crippen molar-refractivity contribution in [3.05, 3.63) is 0 Å². The molecule has 0 aliphatic carbocycles. The summed E-state index contributed by atoms with van der Waals surface area (Å²) < 4.78 is 31.5. The fourth-order valence-corrected chi connectivity index (χ4v) is 3.53. The molecule has 0 bridgehead atoms. The van der Waals surface area contributed by atoms with Gasteiger partial charge in [0.1, 0.15) is 0 Å². The van der Waals surface area contributed by atoms with Crippen LogP contribution in [0.2, 0.25) is 0 Å². The monoisotopic (exact) mass is 264 g/mol. The Balaban J connectivity index is 2.29. The molecule has 2 unspecified atom stereocenters. The van der Waals surface area contributed by atoms with Crippen LogP contribution in [0.5, 0.6) is 0 Å². The highest BCUT2D eigenvalue weighted by Gasteiger charge is 2.21. The zero-order valence-electron chi connectivity index (χ0n) is 10.7. The molecular formula is C11H24N2O3S. The molecule has 1 aliphatic rings. The highest BCUT2D eigenvalue weighted by molar-refractivity contribution is 7.89. The number of hydrogen-bond donors (Lipinski definition) is 2. The quantitative estimate of drug-likeness (QED) is 0.695. The second-order valence-corrected chi connectivity index (χ2v) is 6.46. The lowest BCUT2D eigenvalue weighted by Crippen LogP contribution is -2.39. The molecular weight excluding hydrogens is 240 g/mol. The van der Waals surface area contributed by atoms with Crippen molar-refractivity contribution in [2.75, 3.05) is 32.0 Å². The summed E-state index contributed by atoms with van der Waals surface area (Å²) in [6.45, 7) is 6.55. The van der Waals surface area contributed by atoms with Gasteiger partial charge in [0.2, 0.25) is 10.0 Å². The van der Waals surface area contributed by atoms with Gasteiger partial charge in [-0.2, -0.15) is 0 Å². The minimum Gasteiger partial charge on any atom is -0.377 e. The van der Waals surface area contributed by atoms with E-state index in [0.717, 1.165) is 25.9 Å². The average molecular weight is 264 g/mol. The Morgan fingerprint density at radius 1 is 1.53 bits per heavy atom. The molecule has 2 N–H and O–H groups in total. The van der Waals surface area contributed by atoms with E-state index in [-0.39, 0.29) is 17.8 Å². The molecule has 6 heteroatoms. The molecule has 0 spiro atoms. The Morgan fingerprint density at radius 3 is 2.88 bits per heavy atom. The first-order chi connectivity index (χ1) is 8.03. The van der Waals surface area contributed by atoms with Gasteiger partial charge in [-0.15, -0.1) is 0 Å². The molecule has 0 radical (unpaired) electrons. The van der Waals surface area contributed by atoms with Crippen molar-refractivity contribution in [1.82, 2.24) is 10.0 Å². The van der Waals surface area contributed by atoms with Crippen molar-refractivity contribution in [2.24, 2.45) is 5.92 Å². The van der Waals surface area contributed by atoms with E-state index >= 15 is 0 Å². The number of piperidine rings is 1. The van der Waals surface area contributed by atoms with Gasteiger partial charge in [0.05, 0.1) is 11.9 Å². The number of hydrogen-bond acceptors (Lipinski definition) is 4. The van der Waals surface area contributed by atoms with Gasteiger partial charge in [0, 0.05) is 13.2 Å². The summed E-state index contributed by atoms with van der Waals surface area (Å²) in [6.07, 6.45) is 1.99. The fourth-order valence-electron chi connectivity index (χ4n) is 2.02. The van der Waals surface area contributed by atoms with Gasteiger partial charge in [0.15, 0.2) is 0 Å². The summed E-state index contributed by atoms with van der Waals surface area (Å²) in [5.41, 5.74) is 0. The molecule has 1 saturated heterocycles. The Labute approximate surface area is 104 Å². The summed E-state index contributed by atoms with van der Waals surface area (Å²) in [5.74, 6) is 0.461. The van der Waals surface area contributed by atoms with Crippen LogP contribution in [0.25, 0.3) is 0 Å². The van der Waals surface area contributed by atoms with Gasteiger partial charge in [-0.05, 0) is 45.7 Å². The van der Waals surface area contributed by atoms with Gasteiger partial charge >= 0.3 is 0 Å². The van der Waals surface area contributed by atoms with E-state index in [1.54, 1.807) is 0 Å². The SMILES string of the molecule is CCOC(C)CNS(=O)(=O)CC1CCCNC1. The van der Waals surface area contributed by atoms with Crippen molar-refractivity contribution in [3.63, 3.8) is 0 Å². The summed E-state index contributed by atoms with van der Waals surface area (Å²) in [4.78, 5) is 0. The summed E-state index contributed by atoms with van der Waals surface area (Å²) in [6, 6.07) is 0. The molecule has 0 amide bonds. The van der Waals surface area contributed by atoms with Crippen LogP contribution >= 0.6 is 0 Å². The van der Waals surface area contributed by atoms with Crippen LogP contribution in [0, 0.1) is 5.92 Å². The third-order valence-electron chi connectivity index (χ3n) is 2.90. The number of rotatable bonds is 7. The van der Waals surface area contributed by atoms with Crippen LogP contribution in [0.4, 0.5) is 0 Å². The number of sulfonamides is 1. The van der Waals surface area contributed by atoms with Gasteiger partial charge in [-0.1, -0.05) is 0 Å². The maximum atomic E-state index is 11.8. The molecule has 102 valence electrons. The molecule has 0 saturated carbocycles. The predicted octanol–water partition coefficient (Wildman–Crippen LogP) is 0.330. The average Bonchev–Trinajstić information content (AvgIpc) is 2.28. The van der Waals surface area contributed by atoms with Crippen molar-refractivity contribution in [2.45, 2.75) is 32.8 Å². The van der Waals surface area contributed by atoms with Crippen LogP contribution in [-0.2, 0) is 14.8 Å². The van der Waals surface area contributed by atoms with E-state index in [2.05, 4.69) is 10.0 Å². The second-order valence-electron chi connectivity index (χ2n) is 4.61. The van der Waals surface area contributed by atoms with Crippen LogP contribution < -0.4 is 10.0 Å². The van der Waals surface area contributed by atoms with Crippen LogP contribution in [0.1, 0.15) is 26.7 Å². The highest BCUT2D eigenvalue weighted by Crippen LogP contribution is 2.11. The molecule has 1 fully saturated rings. The number of ether oxygens (including phenoxy) is 1. The summed E-state index contributed by atoms with van der Waals surface area (Å²) >= 11 is 0. The van der Waals surface area contributed by atoms with E-state index < -0.39 is 10.0 Å². The molecule has 0 aromatic heterocycles. The zero-order chi connectivity index (χ0) is 12.7. The van der Waals surface area contributed by atoms with Crippen molar-refractivity contribution < 1.29 is 13.2 Å². The molecule has 5 nitrogen and oxygen atoms in total. The molecule has 0 aromatic rings. The Hall–Kier alpha value is -0.170. The Kier molecular flexibility index (Phi) is 6.40. The van der Waals surface area contributed by atoms with Gasteiger partial charge < -0.3 is 10.1 Å². The molecule has 1 heterocycles. The first-order valence-corrected chi connectivity index (χ1v) is 7.98. The summed E-state index contributed by atoms with van der Waals surface area (Å²) in [7, 11) is -3.16. The lowest BCUT2D eigenvalue weighted by atomic mass is 10.0. The first kappa shape index (κ1) is 14.9. The van der Waals surface area contributed by atoms with E-state index in [1.165, 1.54) is 0 Å². The van der Waals surface area contributed by atoms with Crippen LogP contribution in [-0.4, -0.2) is 46.5 Å². The first-order valence-electron chi connectivity index (χ1n) is 6.33. The predicted molar refractivity (Wildman–Crippen MR) is 68.5 cm³/mol. The van der Waals surface area contributed by atoms with E-state index in [9.17, 15) is 8.42 Å². The topological polar surface area (TPSA) is 67.4 Å². The standard InChI is InChI=1S/C11H24N2O3S/c1-3-16-10(2)7-13-17(14,15)9-11-5-4-6-12-8-11/h10-13H,3-9H2,1-2H3. The lowest BCUT2D eigenvalue weighted by Gasteiger charge is -2.23. The number of nitrogens with one attached hydrogen (secondary N) is 2. The zero-order valence-corrected chi connectivity index (χ0v) is 11.6. The van der Waals surface area contributed by atoms with Gasteiger partial charge in [-0.3, -0.25) is 0 Å². The largest absolute Gasteiger partial charge is 0.377 e. The fraction of sp³-hybridized carbons (Fsp3) is 1.00. The van der Waals surface area contributed by atoms with E-state index in [1.807, 2.05) is 13.8 Å². The molecule has 0 aromatic carbocycles. The van der Waals surface area contributed by atoms with Crippen molar-refractivity contribution >= 4 is 10.0 Å². The lowest BCUT2D eigenvalue weighted by molar-refractivity contribution is 0.0799. The Bertz CT molecular complexity index is 300. The molecule has 2 atom stereocenters. The van der Waals surface area contributed by atoms with Crippen molar-refractivity contribution in [3.8, 4) is 0 Å². The molecule has 17 heavy (non-hydrogen) atoms. The molecule has 1 rings (SSSR count). The van der Waals surface area contributed by atoms with Crippen LogP contribution in [0.3, 0.4) is 0 Å². The summed E-state index contributed by atoms with van der Waals surface area (Å²) in [5, 5.41) is 3.23. The minimum atomic E-state index is -3.16. The third kappa shape index (κ3) is 6.35. The van der Waals surface area contributed by atoms with Gasteiger partial charge in [0.25, 0.3) is 0 Å². The normalized spacial score (nSPS) is 23.5. The highest BCUT2D eigenvalue weighted by atomic mass is 32.2. The third-order valence-corrected chi connectivity index (χ3v) is 4.41. The Morgan fingerprint density at radius 2 is 2.29 bits per heavy atom. The van der Waals surface area contributed by atoms with Crippen LogP contribution in [0.15, 0.2) is 0 Å². The smallest absolute Gasteiger partial charge is 0.212 e. The van der Waals surface area contributed by atoms with E-state index in [0.29, 0.717) is 13.2 Å². The van der Waals surface area contributed by atoms with Gasteiger partial charge in [-0.25, -0.2) is 13.1 Å². The maximum Gasteiger partial charge on any atom is 0.212 e. The molecule has 1 aliphatic heterocycles.